The quantitative estimate of drug-likeness (QED) is 0.402. The Morgan fingerprint density at radius 3 is 2.55 bits per heavy atom. The van der Waals surface area contributed by atoms with E-state index in [-0.39, 0.29) is 5.91 Å². The van der Waals surface area contributed by atoms with Gasteiger partial charge in [-0.05, 0) is 37.1 Å². The van der Waals surface area contributed by atoms with Gasteiger partial charge in [0, 0.05) is 29.7 Å². The van der Waals surface area contributed by atoms with Crippen LogP contribution in [-0.4, -0.2) is 31.5 Å². The highest BCUT2D eigenvalue weighted by Gasteiger charge is 2.03. The molecule has 0 heterocycles. The monoisotopic (exact) mass is 340 g/mol. The summed E-state index contributed by atoms with van der Waals surface area (Å²) in [5.41, 5.74) is 6.31. The fraction of sp³-hybridized carbons (Fsp3) is 0.429. The van der Waals surface area contributed by atoms with E-state index in [1.165, 1.54) is 0 Å². The first kappa shape index (κ1) is 16.5. The Kier molecular flexibility index (Phi) is 7.72. The summed E-state index contributed by atoms with van der Waals surface area (Å²) < 4.78 is 0.958. The van der Waals surface area contributed by atoms with Gasteiger partial charge >= 0.3 is 0 Å². The first-order valence-corrected chi connectivity index (χ1v) is 7.50. The average molecular weight is 341 g/mol. The van der Waals surface area contributed by atoms with Gasteiger partial charge in [0.25, 0.3) is 5.91 Å². The van der Waals surface area contributed by atoms with Crippen molar-refractivity contribution in [2.24, 2.45) is 10.7 Å². The molecule has 1 rings (SSSR count). The van der Waals surface area contributed by atoms with Crippen LogP contribution in [0.1, 0.15) is 30.1 Å². The number of carbonyl (C=O) groups excluding carboxylic acids is 1. The lowest BCUT2D eigenvalue weighted by Crippen LogP contribution is -2.34. The highest BCUT2D eigenvalue weighted by molar-refractivity contribution is 9.10. The predicted molar refractivity (Wildman–Crippen MR) is 85.9 cm³/mol. The smallest absolute Gasteiger partial charge is 0.251 e. The van der Waals surface area contributed by atoms with Crippen molar-refractivity contribution < 1.29 is 4.79 Å². The van der Waals surface area contributed by atoms with Gasteiger partial charge in [-0.1, -0.05) is 22.9 Å². The Bertz CT molecular complexity index is 445. The van der Waals surface area contributed by atoms with Crippen LogP contribution in [0.5, 0.6) is 0 Å². The SMILES string of the molecule is CCCN=C(N)NCCCNC(=O)c1ccc(Br)cc1. The summed E-state index contributed by atoms with van der Waals surface area (Å²) in [4.78, 5) is 15.9. The van der Waals surface area contributed by atoms with Gasteiger partial charge in [0.05, 0.1) is 0 Å². The number of aliphatic imine (C=N–C) groups is 1. The third kappa shape index (κ3) is 6.56. The Morgan fingerprint density at radius 1 is 1.25 bits per heavy atom. The first-order chi connectivity index (χ1) is 9.63. The van der Waals surface area contributed by atoms with Crippen molar-refractivity contribution in [1.29, 1.82) is 0 Å². The van der Waals surface area contributed by atoms with Crippen molar-refractivity contribution in [2.45, 2.75) is 19.8 Å². The number of halogens is 1. The molecule has 0 atom stereocenters. The number of carbonyl (C=O) groups is 1. The molecule has 0 aliphatic heterocycles. The second-order valence-corrected chi connectivity index (χ2v) is 5.23. The van der Waals surface area contributed by atoms with E-state index >= 15 is 0 Å². The van der Waals surface area contributed by atoms with Crippen LogP contribution in [0.25, 0.3) is 0 Å². The molecule has 4 N–H and O–H groups in total. The van der Waals surface area contributed by atoms with Crippen LogP contribution in [0.2, 0.25) is 0 Å². The molecule has 0 fully saturated rings. The standard InChI is InChI=1S/C14H21BrN4O/c1-2-8-18-14(16)19-10-3-9-17-13(20)11-4-6-12(15)7-5-11/h4-7H,2-3,8-10H2,1H3,(H,17,20)(H3,16,18,19). The number of hydrogen-bond donors (Lipinski definition) is 3. The molecule has 0 radical (unpaired) electrons. The highest BCUT2D eigenvalue weighted by Crippen LogP contribution is 2.10. The molecule has 0 unspecified atom stereocenters. The van der Waals surface area contributed by atoms with Crippen molar-refractivity contribution in [3.63, 3.8) is 0 Å². The summed E-state index contributed by atoms with van der Waals surface area (Å²) in [6.07, 6.45) is 1.77. The summed E-state index contributed by atoms with van der Waals surface area (Å²) in [5, 5.41) is 5.87. The molecule has 1 aromatic rings. The Balaban J connectivity index is 2.18. The summed E-state index contributed by atoms with van der Waals surface area (Å²) in [6.45, 7) is 4.08. The molecule has 0 saturated carbocycles. The van der Waals surface area contributed by atoms with Crippen LogP contribution in [-0.2, 0) is 0 Å². The van der Waals surface area contributed by atoms with E-state index in [0.717, 1.165) is 23.9 Å². The largest absolute Gasteiger partial charge is 0.370 e. The zero-order valence-electron chi connectivity index (χ0n) is 11.7. The van der Waals surface area contributed by atoms with E-state index in [9.17, 15) is 4.79 Å². The summed E-state index contributed by atoms with van der Waals surface area (Å²) in [7, 11) is 0. The van der Waals surface area contributed by atoms with Crippen LogP contribution in [0.15, 0.2) is 33.7 Å². The number of benzene rings is 1. The van der Waals surface area contributed by atoms with E-state index in [4.69, 9.17) is 5.73 Å². The number of nitrogens with two attached hydrogens (primary N) is 1. The van der Waals surface area contributed by atoms with Gasteiger partial charge in [0.15, 0.2) is 5.96 Å². The normalized spacial score (nSPS) is 11.2. The Hall–Kier alpha value is -1.56. The average Bonchev–Trinajstić information content (AvgIpc) is 2.45. The zero-order valence-corrected chi connectivity index (χ0v) is 13.2. The maximum atomic E-state index is 11.8. The minimum absolute atomic E-state index is 0.0647. The lowest BCUT2D eigenvalue weighted by Gasteiger charge is -2.07. The van der Waals surface area contributed by atoms with Gasteiger partial charge < -0.3 is 16.4 Å². The van der Waals surface area contributed by atoms with E-state index in [2.05, 4.69) is 38.5 Å². The van der Waals surface area contributed by atoms with Crippen LogP contribution in [0, 0.1) is 0 Å². The Labute approximate surface area is 128 Å². The van der Waals surface area contributed by atoms with Crippen molar-refractivity contribution in [3.8, 4) is 0 Å². The summed E-state index contributed by atoms with van der Waals surface area (Å²) in [6, 6.07) is 7.27. The zero-order chi connectivity index (χ0) is 14.8. The first-order valence-electron chi connectivity index (χ1n) is 6.71. The molecular formula is C14H21BrN4O. The second-order valence-electron chi connectivity index (χ2n) is 4.31. The molecule has 0 bridgehead atoms. The van der Waals surface area contributed by atoms with Crippen LogP contribution >= 0.6 is 15.9 Å². The lowest BCUT2D eigenvalue weighted by atomic mass is 10.2. The maximum Gasteiger partial charge on any atom is 0.251 e. The van der Waals surface area contributed by atoms with Crippen molar-refractivity contribution in [2.75, 3.05) is 19.6 Å². The molecule has 0 spiro atoms. The molecular weight excluding hydrogens is 320 g/mol. The number of rotatable bonds is 7. The third-order valence-electron chi connectivity index (χ3n) is 2.56. The van der Waals surface area contributed by atoms with Gasteiger partial charge in [-0.3, -0.25) is 9.79 Å². The minimum atomic E-state index is -0.0647. The minimum Gasteiger partial charge on any atom is -0.370 e. The number of hydrogen-bond acceptors (Lipinski definition) is 2. The second kappa shape index (κ2) is 9.36. The summed E-state index contributed by atoms with van der Waals surface area (Å²) >= 11 is 3.34. The van der Waals surface area contributed by atoms with Crippen LogP contribution in [0.3, 0.4) is 0 Å². The fourth-order valence-corrected chi connectivity index (χ4v) is 1.76. The van der Waals surface area contributed by atoms with Gasteiger partial charge in [0.2, 0.25) is 0 Å². The highest BCUT2D eigenvalue weighted by atomic mass is 79.9. The van der Waals surface area contributed by atoms with E-state index in [0.29, 0.717) is 24.6 Å². The molecule has 0 aliphatic carbocycles. The number of nitrogens with one attached hydrogen (secondary N) is 2. The molecule has 5 nitrogen and oxygen atoms in total. The van der Waals surface area contributed by atoms with Crippen molar-refractivity contribution in [1.82, 2.24) is 10.6 Å². The molecule has 6 heteroatoms. The molecule has 1 aromatic carbocycles. The topological polar surface area (TPSA) is 79.5 Å². The lowest BCUT2D eigenvalue weighted by molar-refractivity contribution is 0.0953. The van der Waals surface area contributed by atoms with E-state index < -0.39 is 0 Å². The molecule has 0 saturated heterocycles. The van der Waals surface area contributed by atoms with Gasteiger partial charge in [-0.2, -0.15) is 0 Å². The van der Waals surface area contributed by atoms with Crippen molar-refractivity contribution >= 4 is 27.8 Å². The molecule has 20 heavy (non-hydrogen) atoms. The predicted octanol–water partition coefficient (Wildman–Crippen LogP) is 1.88. The maximum absolute atomic E-state index is 11.8. The number of guanidine groups is 1. The van der Waals surface area contributed by atoms with Crippen LogP contribution < -0.4 is 16.4 Å². The third-order valence-corrected chi connectivity index (χ3v) is 3.09. The van der Waals surface area contributed by atoms with Gasteiger partial charge in [0.1, 0.15) is 0 Å². The van der Waals surface area contributed by atoms with E-state index in [1.54, 1.807) is 12.1 Å². The Morgan fingerprint density at radius 2 is 1.90 bits per heavy atom. The molecule has 0 aliphatic rings. The van der Waals surface area contributed by atoms with Gasteiger partial charge in [-0.25, -0.2) is 0 Å². The molecule has 1 amide bonds. The summed E-state index contributed by atoms with van der Waals surface area (Å²) in [5.74, 6) is 0.399. The van der Waals surface area contributed by atoms with Crippen LogP contribution in [0.4, 0.5) is 0 Å². The molecule has 0 aromatic heterocycles. The van der Waals surface area contributed by atoms with Crippen molar-refractivity contribution in [3.05, 3.63) is 34.3 Å². The molecule has 110 valence electrons. The van der Waals surface area contributed by atoms with E-state index in [1.807, 2.05) is 12.1 Å². The van der Waals surface area contributed by atoms with Gasteiger partial charge in [-0.15, -0.1) is 0 Å². The number of nitrogens with zero attached hydrogens (tertiary/aromatic N) is 1. The fourth-order valence-electron chi connectivity index (χ4n) is 1.50. The number of amides is 1.